The first kappa shape index (κ1) is 34.2. The van der Waals surface area contributed by atoms with Crippen LogP contribution in [0.3, 0.4) is 0 Å². The molecule has 0 aliphatic heterocycles. The van der Waals surface area contributed by atoms with Crippen LogP contribution in [0.2, 0.25) is 0 Å². The van der Waals surface area contributed by atoms with E-state index in [1.807, 2.05) is 13.0 Å². The van der Waals surface area contributed by atoms with E-state index >= 15 is 0 Å². The maximum Gasteiger partial charge on any atom is 0.281 e. The standard InChI is InChI=1S/C36H46F6O2/c1-3-5-6-8-25-9-11-26(12-10-25)21-36(41,42)23-44-31-20-19-30(34(39)35(31)40)43-22-28-17-18-29(33(38)32(28)37)27-15-13-24(7-4-2)14-16-27/h4,7,17-20,24-27H,3,5-6,8-16,21-23H2,1-2H3/b7-4+. The van der Waals surface area contributed by atoms with Crippen LogP contribution in [0.1, 0.15) is 114 Å². The van der Waals surface area contributed by atoms with Crippen LogP contribution >= 0.6 is 0 Å². The van der Waals surface area contributed by atoms with Gasteiger partial charge in [-0.1, -0.05) is 69.7 Å². The van der Waals surface area contributed by atoms with Gasteiger partial charge in [0.05, 0.1) is 0 Å². The zero-order chi connectivity index (χ0) is 31.7. The van der Waals surface area contributed by atoms with Gasteiger partial charge < -0.3 is 9.47 Å². The van der Waals surface area contributed by atoms with Gasteiger partial charge in [-0.05, 0) is 86.8 Å². The molecule has 2 aliphatic carbocycles. The fraction of sp³-hybridized carbons (Fsp3) is 0.611. The molecule has 2 aromatic carbocycles. The van der Waals surface area contributed by atoms with E-state index in [1.165, 1.54) is 25.0 Å². The van der Waals surface area contributed by atoms with Crippen LogP contribution in [0.15, 0.2) is 36.4 Å². The van der Waals surface area contributed by atoms with Crippen LogP contribution in [0, 0.1) is 41.0 Å². The van der Waals surface area contributed by atoms with Crippen molar-refractivity contribution in [3.8, 4) is 11.5 Å². The molecular formula is C36H46F6O2. The molecule has 2 saturated carbocycles. The van der Waals surface area contributed by atoms with Crippen molar-refractivity contribution in [2.45, 2.75) is 116 Å². The molecular weight excluding hydrogens is 578 g/mol. The Morgan fingerprint density at radius 3 is 2.02 bits per heavy atom. The number of hydrogen-bond donors (Lipinski definition) is 0. The van der Waals surface area contributed by atoms with Gasteiger partial charge in [0.2, 0.25) is 11.6 Å². The maximum atomic E-state index is 15.0. The van der Waals surface area contributed by atoms with Crippen LogP contribution in [0.4, 0.5) is 26.3 Å². The molecule has 4 rings (SSSR count). The predicted molar refractivity (Wildman–Crippen MR) is 161 cm³/mol. The van der Waals surface area contributed by atoms with Crippen LogP contribution in [-0.2, 0) is 6.61 Å². The van der Waals surface area contributed by atoms with Crippen molar-refractivity contribution in [1.29, 1.82) is 0 Å². The van der Waals surface area contributed by atoms with E-state index in [-0.39, 0.29) is 23.8 Å². The SMILES string of the molecule is C/C=C/C1CCC(c2ccc(COc3ccc(OCC(F)(F)CC4CCC(CCCCC)CC4)c(F)c3F)c(F)c2F)CC1. The zero-order valence-electron chi connectivity index (χ0n) is 26.0. The Bertz CT molecular complexity index is 1230. The molecule has 44 heavy (non-hydrogen) atoms. The van der Waals surface area contributed by atoms with E-state index < -0.39 is 53.9 Å². The van der Waals surface area contributed by atoms with Crippen LogP contribution in [-0.4, -0.2) is 12.5 Å². The molecule has 0 saturated heterocycles. The van der Waals surface area contributed by atoms with Crippen LogP contribution < -0.4 is 9.47 Å². The second-order valence-corrected chi connectivity index (χ2v) is 12.8. The van der Waals surface area contributed by atoms with Gasteiger partial charge in [0.15, 0.2) is 29.7 Å². The minimum absolute atomic E-state index is 0.0808. The molecule has 0 spiro atoms. The number of hydrogen-bond acceptors (Lipinski definition) is 2. The Morgan fingerprint density at radius 1 is 0.750 bits per heavy atom. The number of alkyl halides is 2. The van der Waals surface area contributed by atoms with Crippen molar-refractivity contribution in [2.75, 3.05) is 6.61 Å². The van der Waals surface area contributed by atoms with Gasteiger partial charge >= 0.3 is 0 Å². The summed E-state index contributed by atoms with van der Waals surface area (Å²) in [4.78, 5) is 0. The minimum atomic E-state index is -3.18. The maximum absolute atomic E-state index is 15.0. The average Bonchev–Trinajstić information content (AvgIpc) is 3.01. The van der Waals surface area contributed by atoms with Gasteiger partial charge in [-0.15, -0.1) is 0 Å². The minimum Gasteiger partial charge on any atom is -0.486 e. The molecule has 0 radical (unpaired) electrons. The topological polar surface area (TPSA) is 18.5 Å². The second-order valence-electron chi connectivity index (χ2n) is 12.8. The van der Waals surface area contributed by atoms with Crippen molar-refractivity contribution < 1.29 is 35.8 Å². The fourth-order valence-corrected chi connectivity index (χ4v) is 6.89. The lowest BCUT2D eigenvalue weighted by Gasteiger charge is -2.31. The number of halogens is 6. The number of benzene rings is 2. The molecule has 2 nitrogen and oxygen atoms in total. The highest BCUT2D eigenvalue weighted by Crippen LogP contribution is 2.40. The Morgan fingerprint density at radius 2 is 1.39 bits per heavy atom. The van der Waals surface area contributed by atoms with Crippen LogP contribution in [0.5, 0.6) is 11.5 Å². The van der Waals surface area contributed by atoms with Gasteiger partial charge in [-0.25, -0.2) is 17.6 Å². The highest BCUT2D eigenvalue weighted by molar-refractivity contribution is 5.36. The van der Waals surface area contributed by atoms with E-state index in [0.717, 1.165) is 76.3 Å². The Kier molecular flexibility index (Phi) is 12.5. The summed E-state index contributed by atoms with van der Waals surface area (Å²) in [5.41, 5.74) is 0.180. The van der Waals surface area contributed by atoms with E-state index in [4.69, 9.17) is 9.47 Å². The van der Waals surface area contributed by atoms with Crippen LogP contribution in [0.25, 0.3) is 0 Å². The monoisotopic (exact) mass is 624 g/mol. The summed E-state index contributed by atoms with van der Waals surface area (Å²) < 4.78 is 99.0. The predicted octanol–water partition coefficient (Wildman–Crippen LogP) is 11.5. The quantitative estimate of drug-likeness (QED) is 0.118. The average molecular weight is 625 g/mol. The summed E-state index contributed by atoms with van der Waals surface area (Å²) in [6.07, 6.45) is 15.2. The second kappa shape index (κ2) is 16.1. The largest absolute Gasteiger partial charge is 0.486 e. The molecule has 0 aromatic heterocycles. The molecule has 0 heterocycles. The first-order chi connectivity index (χ1) is 21.1. The summed E-state index contributed by atoms with van der Waals surface area (Å²) >= 11 is 0. The highest BCUT2D eigenvalue weighted by atomic mass is 19.3. The molecule has 0 atom stereocenters. The van der Waals surface area contributed by atoms with Gasteiger partial charge in [0.25, 0.3) is 5.92 Å². The number of unbranched alkanes of at least 4 members (excludes halogenated alkanes) is 2. The molecule has 2 fully saturated rings. The van der Waals surface area contributed by atoms with Crippen molar-refractivity contribution >= 4 is 0 Å². The molecule has 0 amide bonds. The van der Waals surface area contributed by atoms with Crippen molar-refractivity contribution in [2.24, 2.45) is 17.8 Å². The first-order valence-corrected chi connectivity index (χ1v) is 16.3. The third-order valence-corrected chi connectivity index (χ3v) is 9.47. The van der Waals surface area contributed by atoms with E-state index in [9.17, 15) is 26.3 Å². The van der Waals surface area contributed by atoms with Crippen molar-refractivity contribution in [3.05, 3.63) is 70.8 Å². The van der Waals surface area contributed by atoms with Gasteiger partial charge in [0.1, 0.15) is 6.61 Å². The highest BCUT2D eigenvalue weighted by Gasteiger charge is 2.36. The van der Waals surface area contributed by atoms with Gasteiger partial charge in [-0.2, -0.15) is 8.78 Å². The molecule has 244 valence electrons. The molecule has 8 heteroatoms. The normalized spacial score (nSPS) is 22.8. The summed E-state index contributed by atoms with van der Waals surface area (Å²) in [5, 5.41) is 0. The third kappa shape index (κ3) is 9.20. The number of ether oxygens (including phenoxy) is 2. The Labute approximate surface area is 258 Å². The summed E-state index contributed by atoms with van der Waals surface area (Å²) in [5.74, 6) is -8.47. The Hall–Kier alpha value is -2.64. The molecule has 0 bridgehead atoms. The first-order valence-electron chi connectivity index (χ1n) is 16.3. The van der Waals surface area contributed by atoms with E-state index in [2.05, 4.69) is 13.0 Å². The summed E-state index contributed by atoms with van der Waals surface area (Å²) in [6, 6.07) is 4.98. The van der Waals surface area contributed by atoms with E-state index in [1.54, 1.807) is 0 Å². The molecule has 0 N–H and O–H groups in total. The van der Waals surface area contributed by atoms with Gasteiger partial charge in [0, 0.05) is 12.0 Å². The smallest absolute Gasteiger partial charge is 0.281 e. The van der Waals surface area contributed by atoms with Crippen molar-refractivity contribution in [1.82, 2.24) is 0 Å². The molecule has 2 aliphatic rings. The zero-order valence-corrected chi connectivity index (χ0v) is 26.0. The molecule has 0 unspecified atom stereocenters. The Balaban J connectivity index is 1.28. The fourth-order valence-electron chi connectivity index (χ4n) is 6.89. The van der Waals surface area contributed by atoms with E-state index in [0.29, 0.717) is 17.4 Å². The third-order valence-electron chi connectivity index (χ3n) is 9.47. The van der Waals surface area contributed by atoms with Crippen molar-refractivity contribution in [3.63, 3.8) is 0 Å². The lowest BCUT2D eigenvalue weighted by molar-refractivity contribution is -0.0650. The van der Waals surface area contributed by atoms with Gasteiger partial charge in [-0.3, -0.25) is 0 Å². The lowest BCUT2D eigenvalue weighted by atomic mass is 9.77. The number of rotatable bonds is 14. The summed E-state index contributed by atoms with van der Waals surface area (Å²) in [6.45, 7) is 2.53. The summed E-state index contributed by atoms with van der Waals surface area (Å²) in [7, 11) is 0. The molecule has 2 aromatic rings. The number of allylic oxidation sites excluding steroid dienone is 2. The lowest BCUT2D eigenvalue weighted by Crippen LogP contribution is -2.30.